The van der Waals surface area contributed by atoms with Gasteiger partial charge in [-0.15, -0.1) is 0 Å². The topological polar surface area (TPSA) is 117 Å². The van der Waals surface area contributed by atoms with Crippen LogP contribution in [0.5, 0.6) is 0 Å². The molecular weight excluding hydrogens is 596 g/mol. The first-order valence-corrected chi connectivity index (χ1v) is 17.5. The Balaban J connectivity index is 2.19. The number of methoxy groups -OCH3 is 2. The number of hydrogen-bond acceptors (Lipinski definition) is 7. The minimum absolute atomic E-state index is 0.00462. The monoisotopic (exact) mass is 658 g/mol. The first kappa shape index (κ1) is 40.4. The van der Waals surface area contributed by atoms with E-state index in [0.29, 0.717) is 13.1 Å². The minimum atomic E-state index is -0.544. The van der Waals surface area contributed by atoms with Crippen molar-refractivity contribution in [2.24, 2.45) is 23.7 Å². The predicted octanol–water partition coefficient (Wildman–Crippen LogP) is 4.11. The fourth-order valence-electron chi connectivity index (χ4n) is 7.03. The van der Waals surface area contributed by atoms with E-state index < -0.39 is 24.0 Å². The van der Waals surface area contributed by atoms with E-state index in [1.807, 2.05) is 56.0 Å². The molecule has 1 aliphatic rings. The van der Waals surface area contributed by atoms with Crippen LogP contribution in [0.15, 0.2) is 30.3 Å². The van der Waals surface area contributed by atoms with Crippen LogP contribution in [-0.4, -0.2) is 106 Å². The Hall–Kier alpha value is -2.82. The van der Waals surface area contributed by atoms with E-state index >= 15 is 0 Å². The van der Waals surface area contributed by atoms with Gasteiger partial charge in [0, 0.05) is 46.7 Å². The summed E-state index contributed by atoms with van der Waals surface area (Å²) < 4.78 is 11.9. The van der Waals surface area contributed by atoms with Gasteiger partial charge in [0.25, 0.3) is 0 Å². The molecule has 0 saturated carbocycles. The first-order chi connectivity index (χ1) is 22.4. The fourth-order valence-corrected chi connectivity index (χ4v) is 7.03. The van der Waals surface area contributed by atoms with Crippen molar-refractivity contribution >= 4 is 23.5 Å². The Morgan fingerprint density at radius 3 is 2.21 bits per heavy atom. The molecule has 266 valence electrons. The number of ketones is 1. The lowest BCUT2D eigenvalue weighted by Gasteiger charge is -2.41. The first-order valence-electron chi connectivity index (χ1n) is 17.5. The molecule has 0 aromatic heterocycles. The third-order valence-electron chi connectivity index (χ3n) is 10.3. The molecular formula is C37H62N4O6. The van der Waals surface area contributed by atoms with Crippen LogP contribution >= 0.6 is 0 Å². The Morgan fingerprint density at radius 1 is 0.979 bits per heavy atom. The molecule has 10 heteroatoms. The molecule has 0 aliphatic carbocycles. The quantitative estimate of drug-likeness (QED) is 0.204. The number of amides is 3. The summed E-state index contributed by atoms with van der Waals surface area (Å²) in [4.78, 5) is 57.4. The maximum Gasteiger partial charge on any atom is 0.226 e. The van der Waals surface area contributed by atoms with Gasteiger partial charge in [-0.1, -0.05) is 77.8 Å². The SMILES string of the molecule is CC[C@H](C)[C@@H]([C@@H](CC(=O)N1CCC[C@H]1[C@H](OC)[C@@H](C)C(=O)NCCc1ccccc1)OC)N(C)C(=O)[C@@H](CC(=O)CNC)[C@@H](C)CC. The summed E-state index contributed by atoms with van der Waals surface area (Å²) in [7, 11) is 6.71. The van der Waals surface area contributed by atoms with Crippen LogP contribution in [-0.2, 0) is 35.1 Å². The van der Waals surface area contributed by atoms with Crippen molar-refractivity contribution in [3.63, 3.8) is 0 Å². The van der Waals surface area contributed by atoms with Crippen molar-refractivity contribution in [2.75, 3.05) is 47.9 Å². The summed E-state index contributed by atoms with van der Waals surface area (Å²) in [6.45, 7) is 11.4. The van der Waals surface area contributed by atoms with Crippen LogP contribution in [0.25, 0.3) is 0 Å². The number of likely N-dealkylation sites (tertiary alicyclic amines) is 1. The summed E-state index contributed by atoms with van der Waals surface area (Å²) >= 11 is 0. The normalized spacial score (nSPS) is 19.3. The summed E-state index contributed by atoms with van der Waals surface area (Å²) in [5.74, 6) is -1.08. The Kier molecular flexibility index (Phi) is 17.6. The molecule has 0 spiro atoms. The van der Waals surface area contributed by atoms with Gasteiger partial charge in [0.2, 0.25) is 17.7 Å². The van der Waals surface area contributed by atoms with Crippen molar-refractivity contribution < 1.29 is 28.7 Å². The molecule has 1 heterocycles. The summed E-state index contributed by atoms with van der Waals surface area (Å²) in [6.07, 6.45) is 3.14. The van der Waals surface area contributed by atoms with Gasteiger partial charge in [-0.2, -0.15) is 0 Å². The van der Waals surface area contributed by atoms with Crippen molar-refractivity contribution in [1.29, 1.82) is 0 Å². The van der Waals surface area contributed by atoms with E-state index in [1.54, 1.807) is 33.2 Å². The Morgan fingerprint density at radius 2 is 1.64 bits per heavy atom. The highest BCUT2D eigenvalue weighted by Gasteiger charge is 2.42. The molecule has 1 aromatic carbocycles. The number of likely N-dealkylation sites (N-methyl/N-ethyl adjacent to an activating group) is 2. The Labute approximate surface area is 283 Å². The van der Waals surface area contributed by atoms with E-state index in [0.717, 1.165) is 37.7 Å². The summed E-state index contributed by atoms with van der Waals surface area (Å²) in [6, 6.07) is 9.42. The number of nitrogens with zero attached hydrogens (tertiary/aromatic N) is 2. The minimum Gasteiger partial charge on any atom is -0.379 e. The van der Waals surface area contributed by atoms with Crippen molar-refractivity contribution in [3.8, 4) is 0 Å². The van der Waals surface area contributed by atoms with Crippen molar-refractivity contribution in [1.82, 2.24) is 20.4 Å². The maximum atomic E-state index is 14.0. The number of benzene rings is 1. The van der Waals surface area contributed by atoms with Gasteiger partial charge < -0.3 is 29.9 Å². The average molecular weight is 659 g/mol. The molecule has 47 heavy (non-hydrogen) atoms. The highest BCUT2D eigenvalue weighted by Crippen LogP contribution is 2.31. The molecule has 10 nitrogen and oxygen atoms in total. The van der Waals surface area contributed by atoms with E-state index in [4.69, 9.17) is 9.47 Å². The number of rotatable bonds is 21. The highest BCUT2D eigenvalue weighted by atomic mass is 16.5. The molecule has 1 aromatic rings. The molecule has 8 atom stereocenters. The van der Waals surface area contributed by atoms with Gasteiger partial charge >= 0.3 is 0 Å². The second-order valence-corrected chi connectivity index (χ2v) is 13.4. The van der Waals surface area contributed by atoms with Gasteiger partial charge in [0.05, 0.1) is 43.2 Å². The molecule has 2 rings (SSSR count). The number of carbonyl (C=O) groups excluding carboxylic acids is 4. The van der Waals surface area contributed by atoms with E-state index in [-0.39, 0.29) is 66.8 Å². The van der Waals surface area contributed by atoms with E-state index in [2.05, 4.69) is 24.5 Å². The number of nitrogens with one attached hydrogen (secondary N) is 2. The van der Waals surface area contributed by atoms with Crippen molar-refractivity contribution in [2.45, 2.75) is 104 Å². The fraction of sp³-hybridized carbons (Fsp3) is 0.730. The van der Waals surface area contributed by atoms with Crippen molar-refractivity contribution in [3.05, 3.63) is 35.9 Å². The number of carbonyl (C=O) groups is 4. The molecule has 2 N–H and O–H groups in total. The molecule has 3 amide bonds. The lowest BCUT2D eigenvalue weighted by molar-refractivity contribution is -0.149. The number of ether oxygens (including phenoxy) is 2. The zero-order valence-electron chi connectivity index (χ0n) is 30.4. The van der Waals surface area contributed by atoms with Crippen LogP contribution < -0.4 is 10.6 Å². The molecule has 1 fully saturated rings. The highest BCUT2D eigenvalue weighted by molar-refractivity contribution is 5.88. The lowest BCUT2D eigenvalue weighted by Crippen LogP contribution is -2.54. The van der Waals surface area contributed by atoms with Crippen LogP contribution in [0, 0.1) is 23.7 Å². The van der Waals surface area contributed by atoms with Gasteiger partial charge in [-0.05, 0) is 43.7 Å². The number of hydrogen-bond donors (Lipinski definition) is 2. The zero-order chi connectivity index (χ0) is 35.1. The van der Waals surface area contributed by atoms with Crippen LogP contribution in [0.4, 0.5) is 0 Å². The second-order valence-electron chi connectivity index (χ2n) is 13.4. The van der Waals surface area contributed by atoms with Gasteiger partial charge in [0.1, 0.15) is 5.78 Å². The maximum absolute atomic E-state index is 14.0. The van der Waals surface area contributed by atoms with E-state index in [9.17, 15) is 19.2 Å². The van der Waals surface area contributed by atoms with Gasteiger partial charge in [-0.3, -0.25) is 19.2 Å². The van der Waals surface area contributed by atoms with E-state index in [1.165, 1.54) is 0 Å². The smallest absolute Gasteiger partial charge is 0.226 e. The second kappa shape index (κ2) is 20.5. The molecule has 0 radical (unpaired) electrons. The average Bonchev–Trinajstić information content (AvgIpc) is 3.56. The van der Waals surface area contributed by atoms with Crippen LogP contribution in [0.1, 0.15) is 78.7 Å². The van der Waals surface area contributed by atoms with Crippen LogP contribution in [0.2, 0.25) is 0 Å². The molecule has 0 unspecified atom stereocenters. The molecule has 0 bridgehead atoms. The summed E-state index contributed by atoms with van der Waals surface area (Å²) in [5.41, 5.74) is 1.16. The molecule has 1 saturated heterocycles. The van der Waals surface area contributed by atoms with Crippen LogP contribution in [0.3, 0.4) is 0 Å². The third-order valence-corrected chi connectivity index (χ3v) is 10.3. The lowest BCUT2D eigenvalue weighted by atomic mass is 9.84. The summed E-state index contributed by atoms with van der Waals surface area (Å²) in [5, 5.41) is 5.95. The standard InChI is InChI=1S/C37H62N4O6/c1-10-25(3)30(22-29(42)24-38-6)37(45)40(7)34(26(4)11-2)32(46-8)23-33(43)41-21-15-18-31(41)35(47-9)27(5)36(44)39-20-19-28-16-13-12-14-17-28/h12-14,16-17,25-27,30-32,34-35,38H,10-11,15,18-24H2,1-9H3,(H,39,44)/t25-,26-,27+,30-,31-,32+,34-,35+/m0/s1. The largest absolute Gasteiger partial charge is 0.379 e. The van der Waals surface area contributed by atoms with Gasteiger partial charge in [-0.25, -0.2) is 0 Å². The molecule has 1 aliphatic heterocycles. The Bertz CT molecular complexity index is 1120. The zero-order valence-corrected chi connectivity index (χ0v) is 30.4. The third kappa shape index (κ3) is 11.4. The predicted molar refractivity (Wildman–Crippen MR) is 186 cm³/mol. The van der Waals surface area contributed by atoms with Gasteiger partial charge in [0.15, 0.2) is 0 Å². The number of Topliss-reactive ketones (excluding diaryl/α,β-unsaturated/α-hetero) is 1.